The molecule has 0 spiro atoms. The Morgan fingerprint density at radius 2 is 1.00 bits per heavy atom. The summed E-state index contributed by atoms with van der Waals surface area (Å²) in [6, 6.07) is 46.0. The summed E-state index contributed by atoms with van der Waals surface area (Å²) in [5, 5.41) is 7.35. The van der Waals surface area contributed by atoms with E-state index >= 15 is 0 Å². The predicted molar refractivity (Wildman–Crippen MR) is 204 cm³/mol. The van der Waals surface area contributed by atoms with E-state index in [0.717, 1.165) is 14.5 Å². The molecular weight excluding hydrogens is 676 g/mol. The summed E-state index contributed by atoms with van der Waals surface area (Å²) in [4.78, 5) is 0. The summed E-state index contributed by atoms with van der Waals surface area (Å²) in [6.07, 6.45) is 8.32. The molecule has 0 nitrogen and oxygen atoms in total. The van der Waals surface area contributed by atoms with Crippen LogP contribution < -0.4 is 0 Å². The van der Waals surface area contributed by atoms with E-state index in [1.165, 1.54) is 71.3 Å². The van der Waals surface area contributed by atoms with Crippen LogP contribution in [0.2, 0.25) is 0 Å². The topological polar surface area (TPSA) is 0 Å². The van der Waals surface area contributed by atoms with Crippen LogP contribution in [0.4, 0.5) is 0 Å². The first-order valence-corrected chi connectivity index (χ1v) is 16.7. The maximum atomic E-state index is 4.01. The van der Waals surface area contributed by atoms with Crippen LogP contribution in [0, 0.1) is 0 Å². The van der Waals surface area contributed by atoms with Gasteiger partial charge in [0.05, 0.1) is 0 Å². The molecule has 216 valence electrons. The zero-order valence-electron chi connectivity index (χ0n) is 24.9. The Balaban J connectivity index is 1.92. The van der Waals surface area contributed by atoms with Gasteiger partial charge in [-0.2, -0.15) is 0 Å². The highest BCUT2D eigenvalue weighted by Gasteiger charge is 2.27. The highest BCUT2D eigenvalue weighted by atomic mass is 79.9. The molecule has 0 aliphatic heterocycles. The third-order valence-corrected chi connectivity index (χ3v) is 9.48. The van der Waals surface area contributed by atoms with Gasteiger partial charge in [-0.3, -0.25) is 0 Å². The molecule has 0 unspecified atom stereocenters. The SMILES string of the molecule is C=CC=CC(=CC)c1c(-c2ccccc2)c(-c2ccccc2)c(-c2ccccc2)c2c3cc(Br)ccc3c3ccc(Br)cc3c12. The number of allylic oxidation sites excluding steroid dienone is 5. The zero-order chi connectivity index (χ0) is 30.9. The Kier molecular flexibility index (Phi) is 8.10. The van der Waals surface area contributed by atoms with Crippen LogP contribution in [0.1, 0.15) is 12.5 Å². The second kappa shape index (κ2) is 12.5. The van der Waals surface area contributed by atoms with Gasteiger partial charge >= 0.3 is 0 Å². The van der Waals surface area contributed by atoms with Crippen molar-refractivity contribution in [1.29, 1.82) is 0 Å². The molecule has 0 radical (unpaired) electrons. The van der Waals surface area contributed by atoms with Gasteiger partial charge in [0.25, 0.3) is 0 Å². The van der Waals surface area contributed by atoms with Gasteiger partial charge in [0, 0.05) is 8.95 Å². The van der Waals surface area contributed by atoms with E-state index in [1.54, 1.807) is 0 Å². The maximum Gasteiger partial charge on any atom is 0.0181 e. The van der Waals surface area contributed by atoms with Gasteiger partial charge in [0.1, 0.15) is 0 Å². The molecule has 0 aliphatic rings. The summed E-state index contributed by atoms with van der Waals surface area (Å²) in [5.74, 6) is 0. The van der Waals surface area contributed by atoms with Gasteiger partial charge in [-0.1, -0.05) is 166 Å². The third kappa shape index (κ3) is 5.19. The Morgan fingerprint density at radius 1 is 0.533 bits per heavy atom. The summed E-state index contributed by atoms with van der Waals surface area (Å²) >= 11 is 7.69. The lowest BCUT2D eigenvalue weighted by Crippen LogP contribution is -2.01. The fraction of sp³-hybridized carbons (Fsp3) is 0.0233. The molecule has 7 aromatic carbocycles. The monoisotopic (exact) mass is 704 g/mol. The molecule has 2 heteroatoms. The minimum absolute atomic E-state index is 1.05. The quantitative estimate of drug-likeness (QED) is 0.119. The number of rotatable bonds is 6. The van der Waals surface area contributed by atoms with E-state index in [9.17, 15) is 0 Å². The average molecular weight is 707 g/mol. The van der Waals surface area contributed by atoms with Crippen molar-refractivity contribution in [3.05, 3.63) is 173 Å². The van der Waals surface area contributed by atoms with E-state index in [1.807, 2.05) is 12.2 Å². The molecule has 0 amide bonds. The molecule has 0 N–H and O–H groups in total. The van der Waals surface area contributed by atoms with Crippen molar-refractivity contribution < 1.29 is 0 Å². The molecule has 0 saturated heterocycles. The van der Waals surface area contributed by atoms with Crippen LogP contribution in [0.15, 0.2) is 167 Å². The van der Waals surface area contributed by atoms with Gasteiger partial charge in [0.15, 0.2) is 0 Å². The number of benzene rings is 7. The maximum absolute atomic E-state index is 4.01. The molecule has 0 heterocycles. The number of hydrogen-bond acceptors (Lipinski definition) is 0. The highest BCUT2D eigenvalue weighted by Crippen LogP contribution is 2.53. The summed E-state index contributed by atoms with van der Waals surface area (Å²) in [6.45, 7) is 6.14. The van der Waals surface area contributed by atoms with E-state index < -0.39 is 0 Å². The molecular formula is C43H30Br2. The number of halogens is 2. The van der Waals surface area contributed by atoms with Gasteiger partial charge in [-0.15, -0.1) is 0 Å². The molecule has 7 rings (SSSR count). The lowest BCUT2D eigenvalue weighted by Gasteiger charge is -2.27. The molecule has 0 bridgehead atoms. The first kappa shape index (κ1) is 29.2. The second-order valence-electron chi connectivity index (χ2n) is 11.1. The van der Waals surface area contributed by atoms with E-state index in [4.69, 9.17) is 0 Å². The number of fused-ring (bicyclic) bond motifs is 6. The average Bonchev–Trinajstić information content (AvgIpc) is 3.09. The van der Waals surface area contributed by atoms with Gasteiger partial charge < -0.3 is 0 Å². The van der Waals surface area contributed by atoms with Gasteiger partial charge in [0.2, 0.25) is 0 Å². The molecule has 7 aromatic rings. The van der Waals surface area contributed by atoms with E-state index in [-0.39, 0.29) is 0 Å². The second-order valence-corrected chi connectivity index (χ2v) is 12.9. The molecule has 0 aromatic heterocycles. The Labute approximate surface area is 281 Å². The summed E-state index contributed by atoms with van der Waals surface area (Å²) in [7, 11) is 0. The third-order valence-electron chi connectivity index (χ3n) is 8.49. The molecule has 0 fully saturated rings. The summed E-state index contributed by atoms with van der Waals surface area (Å²) < 4.78 is 2.11. The van der Waals surface area contributed by atoms with Gasteiger partial charge in [-0.05, 0) is 108 Å². The predicted octanol–water partition coefficient (Wildman–Crippen LogP) is 13.8. The van der Waals surface area contributed by atoms with Crippen molar-refractivity contribution in [2.24, 2.45) is 0 Å². The van der Waals surface area contributed by atoms with Crippen molar-refractivity contribution in [3.63, 3.8) is 0 Å². The Bertz CT molecular complexity index is 2280. The van der Waals surface area contributed by atoms with Crippen molar-refractivity contribution in [3.8, 4) is 33.4 Å². The minimum Gasteiger partial charge on any atom is -0.0991 e. The number of hydrogen-bond donors (Lipinski definition) is 0. The van der Waals surface area contributed by atoms with Gasteiger partial charge in [-0.25, -0.2) is 0 Å². The smallest absolute Gasteiger partial charge is 0.0181 e. The van der Waals surface area contributed by atoms with E-state index in [2.05, 4.69) is 185 Å². The highest BCUT2D eigenvalue weighted by molar-refractivity contribution is 9.10. The lowest BCUT2D eigenvalue weighted by atomic mass is 9.76. The van der Waals surface area contributed by atoms with Crippen LogP contribution in [-0.2, 0) is 0 Å². The van der Waals surface area contributed by atoms with Crippen LogP contribution >= 0.6 is 31.9 Å². The largest absolute Gasteiger partial charge is 0.0991 e. The first-order chi connectivity index (χ1) is 22.1. The van der Waals surface area contributed by atoms with Crippen molar-refractivity contribution in [2.45, 2.75) is 6.92 Å². The molecule has 45 heavy (non-hydrogen) atoms. The molecule has 0 aliphatic carbocycles. The zero-order valence-corrected chi connectivity index (χ0v) is 28.1. The molecule has 0 atom stereocenters. The van der Waals surface area contributed by atoms with Crippen molar-refractivity contribution in [2.75, 3.05) is 0 Å². The van der Waals surface area contributed by atoms with Crippen molar-refractivity contribution >= 4 is 69.8 Å². The fourth-order valence-corrected chi connectivity index (χ4v) is 7.39. The normalized spacial score (nSPS) is 12.0. The van der Waals surface area contributed by atoms with Crippen molar-refractivity contribution in [1.82, 2.24) is 0 Å². The van der Waals surface area contributed by atoms with E-state index in [0.29, 0.717) is 0 Å². The molecule has 0 saturated carbocycles. The Hall–Kier alpha value is -4.50. The van der Waals surface area contributed by atoms with Crippen LogP contribution in [-0.4, -0.2) is 0 Å². The summed E-state index contributed by atoms with van der Waals surface area (Å²) in [5.41, 5.74) is 9.56. The van der Waals surface area contributed by atoms with Crippen LogP contribution in [0.3, 0.4) is 0 Å². The van der Waals surface area contributed by atoms with Crippen LogP contribution in [0.5, 0.6) is 0 Å². The first-order valence-electron chi connectivity index (χ1n) is 15.1. The minimum atomic E-state index is 1.05. The van der Waals surface area contributed by atoms with Crippen LogP contribution in [0.25, 0.3) is 71.3 Å². The Morgan fingerprint density at radius 3 is 1.49 bits per heavy atom. The fourth-order valence-electron chi connectivity index (χ4n) is 6.67. The standard InChI is InChI=1S/C43H30Br2/c1-3-5-15-28(4-2)38-39(29-16-9-6-10-17-29)40(30-18-11-7-12-19-30)41(31-20-13-8-14-21-31)43-37-27-33(45)23-25-35(37)34-24-22-32(44)26-36(34)42(38)43/h3-27H,1H2,2H3. The lowest BCUT2D eigenvalue weighted by molar-refractivity contribution is 1.56.